The zero-order valence-corrected chi connectivity index (χ0v) is 15.0. The number of benzene rings is 2. The maximum absolute atomic E-state index is 12.5. The molecule has 0 saturated carbocycles. The van der Waals surface area contributed by atoms with E-state index >= 15 is 0 Å². The van der Waals surface area contributed by atoms with E-state index in [1.165, 1.54) is 18.4 Å². The quantitative estimate of drug-likeness (QED) is 0.907. The van der Waals surface area contributed by atoms with Gasteiger partial charge in [-0.25, -0.2) is 0 Å². The average Bonchev–Trinajstić information content (AvgIpc) is 3.10. The number of amides is 1. The van der Waals surface area contributed by atoms with Crippen molar-refractivity contribution in [3.8, 4) is 11.5 Å². The maximum atomic E-state index is 12.5. The molecule has 2 aromatic rings. The standard InChI is InChI=1S/C21H24N2O3/c1-15-3-2-10-23(12-15)13-16-4-6-17(7-5-16)21(24)22-18-8-9-19-20(11-18)26-14-25-19/h4-9,11,15H,2-3,10,12-14H2,1H3,(H,22,24). The summed E-state index contributed by atoms with van der Waals surface area (Å²) in [6.45, 7) is 5.82. The Morgan fingerprint density at radius 3 is 2.77 bits per heavy atom. The van der Waals surface area contributed by atoms with E-state index in [4.69, 9.17) is 9.47 Å². The SMILES string of the molecule is CC1CCCN(Cc2ccc(C(=O)Nc3ccc4c(c3)OCO4)cc2)C1. The maximum Gasteiger partial charge on any atom is 0.255 e. The van der Waals surface area contributed by atoms with Gasteiger partial charge in [-0.1, -0.05) is 19.1 Å². The minimum absolute atomic E-state index is 0.123. The van der Waals surface area contributed by atoms with E-state index in [0.717, 1.165) is 25.6 Å². The predicted octanol–water partition coefficient (Wildman–Crippen LogP) is 3.90. The summed E-state index contributed by atoms with van der Waals surface area (Å²) in [4.78, 5) is 15.0. The van der Waals surface area contributed by atoms with Gasteiger partial charge in [0, 0.05) is 30.4 Å². The average molecular weight is 352 g/mol. The fourth-order valence-electron chi connectivity index (χ4n) is 3.63. The fraction of sp³-hybridized carbons (Fsp3) is 0.381. The van der Waals surface area contributed by atoms with Crippen LogP contribution in [0.25, 0.3) is 0 Å². The van der Waals surface area contributed by atoms with Crippen LogP contribution < -0.4 is 14.8 Å². The van der Waals surface area contributed by atoms with E-state index in [9.17, 15) is 4.79 Å². The first-order valence-electron chi connectivity index (χ1n) is 9.20. The summed E-state index contributed by atoms with van der Waals surface area (Å²) in [5.74, 6) is 2.02. The highest BCUT2D eigenvalue weighted by Crippen LogP contribution is 2.34. The Balaban J connectivity index is 1.37. The lowest BCUT2D eigenvalue weighted by atomic mass is 9.99. The van der Waals surface area contributed by atoms with E-state index < -0.39 is 0 Å². The van der Waals surface area contributed by atoms with Gasteiger partial charge < -0.3 is 14.8 Å². The lowest BCUT2D eigenvalue weighted by Gasteiger charge is -2.30. The van der Waals surface area contributed by atoms with Crippen LogP contribution in [0.15, 0.2) is 42.5 Å². The van der Waals surface area contributed by atoms with Gasteiger partial charge in [-0.05, 0) is 55.1 Å². The lowest BCUT2D eigenvalue weighted by molar-refractivity contribution is 0.102. The van der Waals surface area contributed by atoms with Crippen LogP contribution in [-0.2, 0) is 6.54 Å². The van der Waals surface area contributed by atoms with Gasteiger partial charge in [-0.3, -0.25) is 9.69 Å². The predicted molar refractivity (Wildman–Crippen MR) is 101 cm³/mol. The Hall–Kier alpha value is -2.53. The number of hydrogen-bond acceptors (Lipinski definition) is 4. The van der Waals surface area contributed by atoms with Crippen LogP contribution in [0.5, 0.6) is 11.5 Å². The highest BCUT2D eigenvalue weighted by molar-refractivity contribution is 6.04. The number of rotatable bonds is 4. The number of nitrogens with one attached hydrogen (secondary N) is 1. The normalized spacial score (nSPS) is 19.3. The van der Waals surface area contributed by atoms with Crippen LogP contribution in [0.3, 0.4) is 0 Å². The molecular formula is C21H24N2O3. The summed E-state index contributed by atoms with van der Waals surface area (Å²) in [5, 5.41) is 2.91. The second kappa shape index (κ2) is 7.38. The van der Waals surface area contributed by atoms with Crippen LogP contribution >= 0.6 is 0 Å². The largest absolute Gasteiger partial charge is 0.454 e. The van der Waals surface area contributed by atoms with E-state index in [-0.39, 0.29) is 12.7 Å². The minimum Gasteiger partial charge on any atom is -0.454 e. The molecule has 1 saturated heterocycles. The lowest BCUT2D eigenvalue weighted by Crippen LogP contribution is -2.33. The third-order valence-corrected chi connectivity index (χ3v) is 4.99. The minimum atomic E-state index is -0.123. The molecule has 1 amide bonds. The number of piperidine rings is 1. The number of carbonyl (C=O) groups excluding carboxylic acids is 1. The van der Waals surface area contributed by atoms with Gasteiger partial charge >= 0.3 is 0 Å². The molecule has 2 aliphatic rings. The van der Waals surface area contributed by atoms with Crippen LogP contribution in [0.4, 0.5) is 5.69 Å². The van der Waals surface area contributed by atoms with E-state index in [0.29, 0.717) is 22.7 Å². The second-order valence-corrected chi connectivity index (χ2v) is 7.20. The zero-order chi connectivity index (χ0) is 17.9. The van der Waals surface area contributed by atoms with Crippen molar-refractivity contribution < 1.29 is 14.3 Å². The molecule has 2 aliphatic heterocycles. The molecule has 1 unspecified atom stereocenters. The molecule has 0 bridgehead atoms. The molecule has 136 valence electrons. The summed E-state index contributed by atoms with van der Waals surface area (Å²) in [7, 11) is 0. The molecule has 5 heteroatoms. The number of ether oxygens (including phenoxy) is 2. The molecule has 1 atom stereocenters. The monoisotopic (exact) mass is 352 g/mol. The first kappa shape index (κ1) is 16.9. The summed E-state index contributed by atoms with van der Waals surface area (Å²) < 4.78 is 10.6. The number of nitrogens with zero attached hydrogens (tertiary/aromatic N) is 1. The third-order valence-electron chi connectivity index (χ3n) is 4.99. The molecule has 0 radical (unpaired) electrons. The molecule has 2 aromatic carbocycles. The summed E-state index contributed by atoms with van der Waals surface area (Å²) in [6.07, 6.45) is 2.60. The molecule has 1 fully saturated rings. The van der Waals surface area contributed by atoms with Gasteiger partial charge in [0.2, 0.25) is 6.79 Å². The smallest absolute Gasteiger partial charge is 0.255 e. The third kappa shape index (κ3) is 3.83. The molecule has 0 spiro atoms. The molecular weight excluding hydrogens is 328 g/mol. The second-order valence-electron chi connectivity index (χ2n) is 7.20. The Morgan fingerprint density at radius 1 is 1.15 bits per heavy atom. The summed E-state index contributed by atoms with van der Waals surface area (Å²) >= 11 is 0. The Morgan fingerprint density at radius 2 is 1.96 bits per heavy atom. The molecule has 1 N–H and O–H groups in total. The van der Waals surface area contributed by atoms with Crippen LogP contribution in [0.2, 0.25) is 0 Å². The fourth-order valence-corrected chi connectivity index (χ4v) is 3.63. The van der Waals surface area contributed by atoms with E-state index in [1.54, 1.807) is 12.1 Å². The highest BCUT2D eigenvalue weighted by Gasteiger charge is 2.17. The first-order chi connectivity index (χ1) is 12.7. The van der Waals surface area contributed by atoms with Gasteiger partial charge in [0.15, 0.2) is 11.5 Å². The van der Waals surface area contributed by atoms with E-state index in [2.05, 4.69) is 17.1 Å². The topological polar surface area (TPSA) is 50.8 Å². The van der Waals surface area contributed by atoms with Crippen LogP contribution in [0.1, 0.15) is 35.7 Å². The zero-order valence-electron chi connectivity index (χ0n) is 15.0. The van der Waals surface area contributed by atoms with Gasteiger partial charge in [0.1, 0.15) is 0 Å². The number of fused-ring (bicyclic) bond motifs is 1. The molecule has 4 rings (SSSR count). The van der Waals surface area contributed by atoms with Crippen molar-refractivity contribution in [3.05, 3.63) is 53.6 Å². The van der Waals surface area contributed by atoms with Gasteiger partial charge in [-0.15, -0.1) is 0 Å². The van der Waals surface area contributed by atoms with Crippen LogP contribution in [-0.4, -0.2) is 30.7 Å². The van der Waals surface area contributed by atoms with Crippen molar-refractivity contribution in [2.45, 2.75) is 26.3 Å². The van der Waals surface area contributed by atoms with Gasteiger partial charge in [0.05, 0.1) is 0 Å². The van der Waals surface area contributed by atoms with Crippen molar-refractivity contribution in [1.82, 2.24) is 4.90 Å². The Bertz CT molecular complexity index is 788. The van der Waals surface area contributed by atoms with Crippen molar-refractivity contribution >= 4 is 11.6 Å². The number of anilines is 1. The number of likely N-dealkylation sites (tertiary alicyclic amines) is 1. The Kier molecular flexibility index (Phi) is 4.80. The molecule has 26 heavy (non-hydrogen) atoms. The number of carbonyl (C=O) groups is 1. The molecule has 5 nitrogen and oxygen atoms in total. The van der Waals surface area contributed by atoms with Crippen molar-refractivity contribution in [1.29, 1.82) is 0 Å². The molecule has 0 aliphatic carbocycles. The molecule has 2 heterocycles. The van der Waals surface area contributed by atoms with Crippen molar-refractivity contribution in [2.24, 2.45) is 5.92 Å². The first-order valence-corrected chi connectivity index (χ1v) is 9.20. The summed E-state index contributed by atoms with van der Waals surface area (Å²) in [6, 6.07) is 13.3. The molecule has 0 aromatic heterocycles. The van der Waals surface area contributed by atoms with Gasteiger partial charge in [-0.2, -0.15) is 0 Å². The van der Waals surface area contributed by atoms with Gasteiger partial charge in [0.25, 0.3) is 5.91 Å². The number of hydrogen-bond donors (Lipinski definition) is 1. The Labute approximate surface area is 153 Å². The van der Waals surface area contributed by atoms with Crippen molar-refractivity contribution in [2.75, 3.05) is 25.2 Å². The van der Waals surface area contributed by atoms with Crippen LogP contribution in [0, 0.1) is 5.92 Å². The van der Waals surface area contributed by atoms with Crippen molar-refractivity contribution in [3.63, 3.8) is 0 Å². The highest BCUT2D eigenvalue weighted by atomic mass is 16.7. The van der Waals surface area contributed by atoms with E-state index in [1.807, 2.05) is 30.3 Å². The summed E-state index contributed by atoms with van der Waals surface area (Å²) in [5.41, 5.74) is 2.60.